The van der Waals surface area contributed by atoms with E-state index in [-0.39, 0.29) is 28.5 Å². The summed E-state index contributed by atoms with van der Waals surface area (Å²) < 4.78 is 22.3. The van der Waals surface area contributed by atoms with E-state index in [1.54, 1.807) is 72.8 Å². The number of aldehydes is 1. The number of rotatable bonds is 13. The highest BCUT2D eigenvalue weighted by molar-refractivity contribution is 5.92. The van der Waals surface area contributed by atoms with Gasteiger partial charge in [-0.3, -0.25) is 4.79 Å². The second-order valence-corrected chi connectivity index (χ2v) is 9.34. The summed E-state index contributed by atoms with van der Waals surface area (Å²) in [5.41, 5.74) is 0.325. The van der Waals surface area contributed by atoms with Gasteiger partial charge in [0.25, 0.3) is 0 Å². The van der Waals surface area contributed by atoms with Gasteiger partial charge in [-0.2, -0.15) is 0 Å². The monoisotopic (exact) mass is 596 g/mol. The molecule has 0 amide bonds. The molecule has 224 valence electrons. The first-order valence-electron chi connectivity index (χ1n) is 13.5. The summed E-state index contributed by atoms with van der Waals surface area (Å²) in [4.78, 5) is 65.0. The van der Waals surface area contributed by atoms with Gasteiger partial charge in [-0.1, -0.05) is 72.8 Å². The van der Waals surface area contributed by atoms with E-state index in [1.807, 2.05) is 0 Å². The number of carbonyl (C=O) groups excluding carboxylic acids is 5. The van der Waals surface area contributed by atoms with Crippen LogP contribution in [0.15, 0.2) is 121 Å². The Hall–Kier alpha value is -5.61. The minimum Gasteiger partial charge on any atom is -0.452 e. The fourth-order valence-corrected chi connectivity index (χ4v) is 4.13. The normalized spacial score (nSPS) is 13.3. The summed E-state index contributed by atoms with van der Waals surface area (Å²) in [5, 5.41) is 10.4. The zero-order chi connectivity index (χ0) is 31.3. The Morgan fingerprint density at radius 2 is 0.818 bits per heavy atom. The maximum Gasteiger partial charge on any atom is 0.338 e. The van der Waals surface area contributed by atoms with Crippen LogP contribution in [0.25, 0.3) is 0 Å². The third-order valence-corrected chi connectivity index (χ3v) is 6.35. The molecule has 0 bridgehead atoms. The van der Waals surface area contributed by atoms with E-state index in [9.17, 15) is 29.1 Å². The second-order valence-electron chi connectivity index (χ2n) is 9.34. The van der Waals surface area contributed by atoms with Crippen LogP contribution in [-0.2, 0) is 23.7 Å². The maximum absolute atomic E-state index is 13.3. The van der Waals surface area contributed by atoms with Crippen molar-refractivity contribution in [2.24, 2.45) is 0 Å². The molecule has 4 rings (SSSR count). The third kappa shape index (κ3) is 8.24. The second kappa shape index (κ2) is 15.6. The maximum atomic E-state index is 13.3. The first-order valence-corrected chi connectivity index (χ1v) is 13.5. The molecule has 10 nitrogen and oxygen atoms in total. The molecular weight excluding hydrogens is 568 g/mol. The van der Waals surface area contributed by atoms with Crippen LogP contribution in [-0.4, -0.2) is 66.3 Å². The van der Waals surface area contributed by atoms with E-state index in [4.69, 9.17) is 18.9 Å². The van der Waals surface area contributed by atoms with E-state index in [0.717, 1.165) is 0 Å². The van der Waals surface area contributed by atoms with Gasteiger partial charge in [0.05, 0.1) is 28.9 Å². The van der Waals surface area contributed by atoms with Crippen LogP contribution >= 0.6 is 0 Å². The number of aliphatic hydroxyl groups excluding tert-OH is 1. The fraction of sp³-hybridized carbons (Fsp3) is 0.147. The van der Waals surface area contributed by atoms with Crippen molar-refractivity contribution < 1.29 is 48.0 Å². The highest BCUT2D eigenvalue weighted by atomic mass is 16.6. The highest BCUT2D eigenvalue weighted by Gasteiger charge is 2.45. The van der Waals surface area contributed by atoms with Crippen LogP contribution in [0.5, 0.6) is 0 Å². The van der Waals surface area contributed by atoms with Crippen molar-refractivity contribution >= 4 is 30.2 Å². The van der Waals surface area contributed by atoms with Crippen LogP contribution in [0.2, 0.25) is 0 Å². The molecular formula is C34H28O10. The largest absolute Gasteiger partial charge is 0.452 e. The van der Waals surface area contributed by atoms with Gasteiger partial charge in [0.2, 0.25) is 0 Å². The van der Waals surface area contributed by atoms with Crippen molar-refractivity contribution in [2.45, 2.75) is 24.4 Å². The van der Waals surface area contributed by atoms with E-state index in [2.05, 4.69) is 0 Å². The molecule has 0 spiro atoms. The molecule has 44 heavy (non-hydrogen) atoms. The molecule has 0 unspecified atom stereocenters. The first kappa shape index (κ1) is 31.3. The molecule has 4 aromatic rings. The van der Waals surface area contributed by atoms with Gasteiger partial charge in [-0.25, -0.2) is 19.2 Å². The zero-order valence-corrected chi connectivity index (χ0v) is 23.3. The molecule has 0 aromatic heterocycles. The predicted octanol–water partition coefficient (Wildman–Crippen LogP) is 4.08. The van der Waals surface area contributed by atoms with Gasteiger partial charge in [-0.15, -0.1) is 0 Å². The van der Waals surface area contributed by atoms with Crippen LogP contribution in [0.3, 0.4) is 0 Å². The third-order valence-electron chi connectivity index (χ3n) is 6.35. The molecule has 0 saturated carbocycles. The summed E-state index contributed by atoms with van der Waals surface area (Å²) in [6, 6.07) is 30.9. The Morgan fingerprint density at radius 3 is 1.16 bits per heavy atom. The van der Waals surface area contributed by atoms with E-state index in [1.165, 1.54) is 48.5 Å². The molecule has 0 aliphatic carbocycles. The van der Waals surface area contributed by atoms with E-state index < -0.39 is 54.9 Å². The number of benzene rings is 4. The minimum absolute atomic E-state index is 0.0616. The van der Waals surface area contributed by atoms with Crippen LogP contribution in [0.1, 0.15) is 41.4 Å². The zero-order valence-electron chi connectivity index (χ0n) is 23.3. The quantitative estimate of drug-likeness (QED) is 0.136. The summed E-state index contributed by atoms with van der Waals surface area (Å²) in [6.07, 6.45) is -7.05. The van der Waals surface area contributed by atoms with Crippen molar-refractivity contribution in [3.63, 3.8) is 0 Å². The van der Waals surface area contributed by atoms with E-state index in [0.29, 0.717) is 0 Å². The SMILES string of the molecule is O=C[C@@H](OC(=O)c1ccccc1)[C@@H](OC(=O)c1ccccc1)[C@H](OC(=O)c1ccccc1)[C@@H](CO)OC(=O)c1ccccc1. The van der Waals surface area contributed by atoms with Gasteiger partial charge >= 0.3 is 23.9 Å². The Kier molecular flexibility index (Phi) is 11.1. The number of esters is 4. The van der Waals surface area contributed by atoms with Crippen molar-refractivity contribution in [3.8, 4) is 0 Å². The number of ether oxygens (including phenoxy) is 4. The average Bonchev–Trinajstić information content (AvgIpc) is 3.09. The molecule has 0 aliphatic heterocycles. The highest BCUT2D eigenvalue weighted by Crippen LogP contribution is 2.23. The van der Waals surface area contributed by atoms with Crippen LogP contribution < -0.4 is 0 Å². The number of carbonyl (C=O) groups is 5. The fourth-order valence-electron chi connectivity index (χ4n) is 4.13. The van der Waals surface area contributed by atoms with Crippen molar-refractivity contribution in [1.29, 1.82) is 0 Å². The number of hydrogen-bond donors (Lipinski definition) is 1. The van der Waals surface area contributed by atoms with Gasteiger partial charge in [-0.05, 0) is 48.5 Å². The topological polar surface area (TPSA) is 143 Å². The number of aliphatic hydroxyl groups is 1. The lowest BCUT2D eigenvalue weighted by Crippen LogP contribution is -2.53. The van der Waals surface area contributed by atoms with Gasteiger partial charge in [0.1, 0.15) is 0 Å². The molecule has 4 aromatic carbocycles. The van der Waals surface area contributed by atoms with Crippen molar-refractivity contribution in [3.05, 3.63) is 144 Å². The molecule has 4 atom stereocenters. The molecule has 0 saturated heterocycles. The molecule has 0 aliphatic rings. The lowest BCUT2D eigenvalue weighted by atomic mass is 10.0. The Morgan fingerprint density at radius 1 is 0.500 bits per heavy atom. The first-order chi connectivity index (χ1) is 21.4. The van der Waals surface area contributed by atoms with E-state index >= 15 is 0 Å². The van der Waals surface area contributed by atoms with Gasteiger partial charge in [0, 0.05) is 0 Å². The Balaban J connectivity index is 1.75. The molecule has 0 radical (unpaired) electrons. The number of hydrogen-bond acceptors (Lipinski definition) is 10. The average molecular weight is 597 g/mol. The molecule has 10 heteroatoms. The lowest BCUT2D eigenvalue weighted by Gasteiger charge is -2.34. The summed E-state index contributed by atoms with van der Waals surface area (Å²) in [7, 11) is 0. The van der Waals surface area contributed by atoms with Gasteiger partial charge in [0.15, 0.2) is 30.7 Å². The van der Waals surface area contributed by atoms with Crippen molar-refractivity contribution in [2.75, 3.05) is 6.61 Å². The standard InChI is InChI=1S/C34H28O10/c35-21-27(41-31(37)23-13-5-1-6-14-23)29(43-33(39)25-17-9-3-10-18-25)30(44-34(40)26-19-11-4-12-20-26)28(22-36)42-32(38)24-15-7-2-8-16-24/h1-21,27-30,36H,22H2/t27-,28-,29-,30-/m1/s1. The Labute approximate surface area is 252 Å². The Bertz CT molecular complexity index is 1540. The molecule has 0 fully saturated rings. The van der Waals surface area contributed by atoms with Crippen molar-refractivity contribution in [1.82, 2.24) is 0 Å². The smallest absolute Gasteiger partial charge is 0.338 e. The summed E-state index contributed by atoms with van der Waals surface area (Å²) >= 11 is 0. The molecule has 1 N–H and O–H groups in total. The van der Waals surface area contributed by atoms with Crippen LogP contribution in [0.4, 0.5) is 0 Å². The van der Waals surface area contributed by atoms with Gasteiger partial charge < -0.3 is 24.1 Å². The minimum atomic E-state index is -1.87. The summed E-state index contributed by atoms with van der Waals surface area (Å²) in [5.74, 6) is -3.77. The lowest BCUT2D eigenvalue weighted by molar-refractivity contribution is -0.142. The predicted molar refractivity (Wildman–Crippen MR) is 156 cm³/mol. The summed E-state index contributed by atoms with van der Waals surface area (Å²) in [6.45, 7) is -0.928. The molecule has 0 heterocycles. The van der Waals surface area contributed by atoms with Crippen LogP contribution in [0, 0.1) is 0 Å².